The van der Waals surface area contributed by atoms with Crippen molar-refractivity contribution in [3.05, 3.63) is 0 Å². The molecule has 1 aliphatic heterocycles. The van der Waals surface area contributed by atoms with Crippen molar-refractivity contribution in [2.24, 2.45) is 5.92 Å². The zero-order valence-electron chi connectivity index (χ0n) is 10.9. The van der Waals surface area contributed by atoms with Gasteiger partial charge in [0.25, 0.3) is 0 Å². The number of amides is 1. The van der Waals surface area contributed by atoms with Crippen LogP contribution in [0.5, 0.6) is 0 Å². The van der Waals surface area contributed by atoms with E-state index >= 15 is 0 Å². The Kier molecular flexibility index (Phi) is 10.7. The average Bonchev–Trinajstić information content (AvgIpc) is 2.25. The number of carbonyl (C=O) groups excluding carboxylic acids is 1. The topological polar surface area (TPSA) is 29.5 Å². The Balaban J connectivity index is 0.00000225. The monoisotopic (exact) mass is 251 g/mol. The maximum absolute atomic E-state index is 10.4. The van der Waals surface area contributed by atoms with Gasteiger partial charge < -0.3 is 14.4 Å². The Hall–Kier alpha value is 1.07. The third-order valence-corrected chi connectivity index (χ3v) is 2.85. The summed E-state index contributed by atoms with van der Waals surface area (Å²) in [6.07, 6.45) is 6.62. The number of rotatable bonds is 6. The van der Waals surface area contributed by atoms with Crippen molar-refractivity contribution in [1.82, 2.24) is 4.90 Å². The van der Waals surface area contributed by atoms with Crippen LogP contribution in [0.4, 0.5) is 0 Å². The minimum absolute atomic E-state index is 0. The van der Waals surface area contributed by atoms with Gasteiger partial charge in [-0.3, -0.25) is 0 Å². The van der Waals surface area contributed by atoms with Crippen LogP contribution in [0, 0.1) is 5.92 Å². The molecule has 0 unspecified atom stereocenters. The molecule has 1 heterocycles. The van der Waals surface area contributed by atoms with Gasteiger partial charge in [-0.25, -0.2) is 0 Å². The summed E-state index contributed by atoms with van der Waals surface area (Å²) in [6, 6.07) is 0. The molecule has 4 heteroatoms. The first-order valence-electron chi connectivity index (χ1n) is 5.96. The SMILES string of the molecule is CC(C)CCCOC1CCN([C-]=O)CC1.[K+]. The fourth-order valence-electron chi connectivity index (χ4n) is 1.86. The molecular formula is C12H22KNO2. The zero-order valence-corrected chi connectivity index (χ0v) is 14.0. The van der Waals surface area contributed by atoms with Gasteiger partial charge in [0, 0.05) is 6.61 Å². The minimum atomic E-state index is 0. The molecule has 1 rings (SSSR count). The molecule has 1 fully saturated rings. The van der Waals surface area contributed by atoms with E-state index in [4.69, 9.17) is 4.74 Å². The van der Waals surface area contributed by atoms with Crippen LogP contribution in [-0.4, -0.2) is 37.1 Å². The van der Waals surface area contributed by atoms with Crippen molar-refractivity contribution in [2.45, 2.75) is 45.6 Å². The van der Waals surface area contributed by atoms with Crippen molar-refractivity contribution in [3.8, 4) is 0 Å². The van der Waals surface area contributed by atoms with Gasteiger partial charge in [-0.05, 0) is 44.7 Å². The van der Waals surface area contributed by atoms with Crippen molar-refractivity contribution >= 4 is 6.41 Å². The number of nitrogens with zero attached hydrogens (tertiary/aromatic N) is 1. The van der Waals surface area contributed by atoms with Gasteiger partial charge in [0.05, 0.1) is 6.10 Å². The summed E-state index contributed by atoms with van der Waals surface area (Å²) < 4.78 is 5.77. The predicted molar refractivity (Wildman–Crippen MR) is 60.3 cm³/mol. The first kappa shape index (κ1) is 17.1. The summed E-state index contributed by atoms with van der Waals surface area (Å²) in [5.74, 6) is 0.764. The molecule has 0 aliphatic carbocycles. The first-order valence-corrected chi connectivity index (χ1v) is 5.96. The zero-order chi connectivity index (χ0) is 11.1. The normalized spacial score (nSPS) is 17.3. The van der Waals surface area contributed by atoms with Crippen LogP contribution in [0.25, 0.3) is 0 Å². The van der Waals surface area contributed by atoms with Gasteiger partial charge in [-0.2, -0.15) is 6.41 Å². The number of likely N-dealkylation sites (tertiary alicyclic amines) is 1. The van der Waals surface area contributed by atoms with E-state index in [-0.39, 0.29) is 51.4 Å². The van der Waals surface area contributed by atoms with Crippen LogP contribution in [0.1, 0.15) is 39.5 Å². The van der Waals surface area contributed by atoms with Crippen LogP contribution in [0.2, 0.25) is 0 Å². The molecule has 1 aliphatic rings. The molecule has 0 atom stereocenters. The summed E-state index contributed by atoms with van der Waals surface area (Å²) >= 11 is 0. The Bertz CT molecular complexity index is 180. The number of piperidine rings is 1. The molecule has 3 nitrogen and oxygen atoms in total. The molecule has 0 saturated carbocycles. The van der Waals surface area contributed by atoms with Crippen molar-refractivity contribution in [3.63, 3.8) is 0 Å². The number of hydrogen-bond donors (Lipinski definition) is 0. The third-order valence-electron chi connectivity index (χ3n) is 2.85. The maximum Gasteiger partial charge on any atom is 1.00 e. The molecule has 0 spiro atoms. The molecule has 0 bridgehead atoms. The fourth-order valence-corrected chi connectivity index (χ4v) is 1.86. The second-order valence-electron chi connectivity index (χ2n) is 4.68. The van der Waals surface area contributed by atoms with Crippen LogP contribution in [0.15, 0.2) is 0 Å². The van der Waals surface area contributed by atoms with Crippen LogP contribution in [0.3, 0.4) is 0 Å². The van der Waals surface area contributed by atoms with Crippen molar-refractivity contribution < 1.29 is 60.9 Å². The van der Waals surface area contributed by atoms with Crippen LogP contribution in [-0.2, 0) is 9.53 Å². The first-order chi connectivity index (χ1) is 7.22. The van der Waals surface area contributed by atoms with E-state index in [2.05, 4.69) is 13.8 Å². The summed E-state index contributed by atoms with van der Waals surface area (Å²) in [4.78, 5) is 12.1. The van der Waals surface area contributed by atoms with E-state index in [1.807, 2.05) is 6.41 Å². The van der Waals surface area contributed by atoms with Crippen LogP contribution >= 0.6 is 0 Å². The summed E-state index contributed by atoms with van der Waals surface area (Å²) in [6.45, 7) is 6.95. The Morgan fingerprint density at radius 3 is 2.50 bits per heavy atom. The molecule has 0 radical (unpaired) electrons. The van der Waals surface area contributed by atoms with E-state index in [0.29, 0.717) is 6.10 Å². The van der Waals surface area contributed by atoms with Gasteiger partial charge >= 0.3 is 51.4 Å². The molecule has 0 aromatic heterocycles. The van der Waals surface area contributed by atoms with E-state index in [1.54, 1.807) is 4.90 Å². The van der Waals surface area contributed by atoms with E-state index in [0.717, 1.165) is 44.9 Å². The van der Waals surface area contributed by atoms with Gasteiger partial charge in [-0.15, -0.1) is 0 Å². The minimum Gasteiger partial charge on any atom is -0.520 e. The standard InChI is InChI=1S/C12H22NO2.K/c1-11(2)4-3-9-15-12-5-7-13(10-14)8-6-12;/h11-12H,3-9H2,1-2H3;/q-1;+1. The summed E-state index contributed by atoms with van der Waals surface area (Å²) in [5, 5.41) is 0. The predicted octanol–water partition coefficient (Wildman–Crippen LogP) is -1.03. The van der Waals surface area contributed by atoms with Crippen molar-refractivity contribution in [2.75, 3.05) is 19.7 Å². The molecule has 1 saturated heterocycles. The second kappa shape index (κ2) is 10.0. The molecule has 0 aromatic rings. The fraction of sp³-hybridized carbons (Fsp3) is 0.917. The smallest absolute Gasteiger partial charge is 0.520 e. The average molecular weight is 251 g/mol. The molecule has 88 valence electrons. The summed E-state index contributed by atoms with van der Waals surface area (Å²) in [5.41, 5.74) is 0. The third kappa shape index (κ3) is 7.40. The van der Waals surface area contributed by atoms with E-state index in [9.17, 15) is 4.79 Å². The van der Waals surface area contributed by atoms with Gasteiger partial charge in [-0.1, -0.05) is 13.8 Å². The summed E-state index contributed by atoms with van der Waals surface area (Å²) in [7, 11) is 0. The van der Waals surface area contributed by atoms with Gasteiger partial charge in [0.2, 0.25) is 0 Å². The Morgan fingerprint density at radius 1 is 1.38 bits per heavy atom. The maximum atomic E-state index is 10.4. The Labute approximate surface area is 142 Å². The quantitative estimate of drug-likeness (QED) is 0.343. The van der Waals surface area contributed by atoms with E-state index < -0.39 is 0 Å². The largest absolute Gasteiger partial charge is 1.00 e. The molecule has 16 heavy (non-hydrogen) atoms. The Morgan fingerprint density at radius 2 is 2.00 bits per heavy atom. The van der Waals surface area contributed by atoms with Crippen molar-refractivity contribution in [1.29, 1.82) is 0 Å². The molecule has 0 aromatic carbocycles. The van der Waals surface area contributed by atoms with Gasteiger partial charge in [0.1, 0.15) is 0 Å². The van der Waals surface area contributed by atoms with E-state index in [1.165, 1.54) is 6.42 Å². The van der Waals surface area contributed by atoms with Crippen LogP contribution < -0.4 is 51.4 Å². The van der Waals surface area contributed by atoms with Gasteiger partial charge in [0.15, 0.2) is 0 Å². The molecule has 1 amide bonds. The second-order valence-corrected chi connectivity index (χ2v) is 4.68. The number of ether oxygens (including phenoxy) is 1. The molecular weight excluding hydrogens is 229 g/mol. The number of hydrogen-bond acceptors (Lipinski definition) is 2. The molecule has 0 N–H and O–H groups in total.